The summed E-state index contributed by atoms with van der Waals surface area (Å²) in [6.07, 6.45) is 3.09. The Hall–Kier alpha value is -2.65. The van der Waals surface area contributed by atoms with Crippen LogP contribution in [-0.2, 0) is 0 Å². The molecule has 0 aliphatic rings. The highest BCUT2D eigenvalue weighted by Gasteiger charge is 1.92. The minimum absolute atomic E-state index is 0.158. The lowest BCUT2D eigenvalue weighted by molar-refractivity contribution is 1.10. The molecule has 3 nitrogen and oxygen atoms in total. The zero-order valence-electron chi connectivity index (χ0n) is 8.38. The average Bonchev–Trinajstić information content (AvgIpc) is 2.38. The number of hydrogen-bond donors (Lipinski definition) is 0. The Morgan fingerprint density at radius 1 is 0.875 bits per heavy atom. The van der Waals surface area contributed by atoms with Gasteiger partial charge in [-0.25, -0.2) is 9.97 Å². The predicted molar refractivity (Wildman–Crippen MR) is 59.2 cm³/mol. The van der Waals surface area contributed by atoms with Crippen molar-refractivity contribution < 1.29 is 0 Å². The third-order valence-corrected chi connectivity index (χ3v) is 1.88. The molecule has 0 spiro atoms. The third-order valence-electron chi connectivity index (χ3n) is 1.88. The van der Waals surface area contributed by atoms with E-state index < -0.39 is 0 Å². The van der Waals surface area contributed by atoms with Crippen molar-refractivity contribution in [1.82, 2.24) is 9.97 Å². The van der Waals surface area contributed by atoms with Crippen LogP contribution in [-0.4, -0.2) is 9.97 Å². The summed E-state index contributed by atoms with van der Waals surface area (Å²) in [4.78, 5) is 7.67. The van der Waals surface area contributed by atoms with Crippen LogP contribution < -0.4 is 0 Å². The smallest absolute Gasteiger partial charge is 0.226 e. The van der Waals surface area contributed by atoms with Crippen molar-refractivity contribution in [1.29, 1.82) is 5.26 Å². The van der Waals surface area contributed by atoms with Crippen LogP contribution >= 0.6 is 0 Å². The Labute approximate surface area is 93.4 Å². The summed E-state index contributed by atoms with van der Waals surface area (Å²) in [7, 11) is 0. The standard InChI is InChI=1S/C13H7N3/c14-8-13-15-9-12(10-16-13)7-6-11-4-2-1-3-5-11/h1-5,9-10H. The zero-order valence-corrected chi connectivity index (χ0v) is 8.38. The molecule has 16 heavy (non-hydrogen) atoms. The molecule has 1 heterocycles. The fraction of sp³-hybridized carbons (Fsp3) is 0. The topological polar surface area (TPSA) is 49.6 Å². The van der Waals surface area contributed by atoms with Crippen LogP contribution in [0.4, 0.5) is 0 Å². The highest BCUT2D eigenvalue weighted by molar-refractivity contribution is 5.40. The van der Waals surface area contributed by atoms with E-state index in [4.69, 9.17) is 5.26 Å². The van der Waals surface area contributed by atoms with E-state index in [1.807, 2.05) is 36.4 Å². The third kappa shape index (κ3) is 2.43. The molecule has 0 N–H and O–H groups in total. The van der Waals surface area contributed by atoms with Crippen LogP contribution in [0.1, 0.15) is 17.0 Å². The highest BCUT2D eigenvalue weighted by atomic mass is 14.9. The second-order valence-corrected chi connectivity index (χ2v) is 3.02. The van der Waals surface area contributed by atoms with Gasteiger partial charge in [0.2, 0.25) is 5.82 Å². The molecule has 1 aromatic heterocycles. The van der Waals surface area contributed by atoms with Gasteiger partial charge in [-0.1, -0.05) is 30.0 Å². The minimum Gasteiger partial charge on any atom is -0.226 e. The Morgan fingerprint density at radius 3 is 2.12 bits per heavy atom. The maximum Gasteiger partial charge on any atom is 0.232 e. The molecule has 0 saturated carbocycles. The largest absolute Gasteiger partial charge is 0.232 e. The Morgan fingerprint density at radius 2 is 1.50 bits per heavy atom. The zero-order chi connectivity index (χ0) is 11.2. The van der Waals surface area contributed by atoms with Gasteiger partial charge in [0.05, 0.1) is 5.56 Å². The lowest BCUT2D eigenvalue weighted by Gasteiger charge is -1.89. The van der Waals surface area contributed by atoms with E-state index in [0.29, 0.717) is 5.56 Å². The number of benzene rings is 1. The van der Waals surface area contributed by atoms with E-state index in [-0.39, 0.29) is 5.82 Å². The van der Waals surface area contributed by atoms with Gasteiger partial charge in [-0.2, -0.15) is 5.26 Å². The molecule has 2 aromatic rings. The van der Waals surface area contributed by atoms with Crippen LogP contribution in [0.15, 0.2) is 42.7 Å². The number of nitriles is 1. The van der Waals surface area contributed by atoms with Gasteiger partial charge in [-0.15, -0.1) is 0 Å². The van der Waals surface area contributed by atoms with E-state index in [9.17, 15) is 0 Å². The van der Waals surface area contributed by atoms with E-state index in [1.54, 1.807) is 12.4 Å². The molecule has 0 radical (unpaired) electrons. The summed E-state index contributed by atoms with van der Waals surface area (Å²) in [6.45, 7) is 0. The van der Waals surface area contributed by atoms with Gasteiger partial charge < -0.3 is 0 Å². The molecule has 0 aliphatic carbocycles. The first-order chi connectivity index (χ1) is 7.88. The van der Waals surface area contributed by atoms with Crippen LogP contribution in [0.5, 0.6) is 0 Å². The molecule has 0 fully saturated rings. The molecule has 0 bridgehead atoms. The lowest BCUT2D eigenvalue weighted by atomic mass is 10.2. The summed E-state index contributed by atoms with van der Waals surface area (Å²) < 4.78 is 0. The van der Waals surface area contributed by atoms with Crippen LogP contribution in [0.3, 0.4) is 0 Å². The first-order valence-corrected chi connectivity index (χ1v) is 4.68. The Bertz CT molecular complexity index is 569. The fourth-order valence-corrected chi connectivity index (χ4v) is 1.12. The monoisotopic (exact) mass is 205 g/mol. The van der Waals surface area contributed by atoms with Crippen molar-refractivity contribution in [2.45, 2.75) is 0 Å². The van der Waals surface area contributed by atoms with Gasteiger partial charge in [0, 0.05) is 18.0 Å². The first-order valence-electron chi connectivity index (χ1n) is 4.68. The van der Waals surface area contributed by atoms with E-state index in [2.05, 4.69) is 21.8 Å². The average molecular weight is 205 g/mol. The maximum atomic E-state index is 8.53. The number of aromatic nitrogens is 2. The minimum atomic E-state index is 0.158. The Balaban J connectivity index is 2.22. The summed E-state index contributed by atoms with van der Waals surface area (Å²) >= 11 is 0. The molecule has 0 amide bonds. The molecular weight excluding hydrogens is 198 g/mol. The van der Waals surface area contributed by atoms with Crippen LogP contribution in [0, 0.1) is 23.2 Å². The van der Waals surface area contributed by atoms with E-state index >= 15 is 0 Å². The predicted octanol–water partition coefficient (Wildman–Crippen LogP) is 1.75. The van der Waals surface area contributed by atoms with E-state index in [0.717, 1.165) is 5.56 Å². The van der Waals surface area contributed by atoms with Gasteiger partial charge in [0.25, 0.3) is 0 Å². The molecule has 0 atom stereocenters. The first kappa shape index (κ1) is 9.89. The molecule has 3 heteroatoms. The van der Waals surface area contributed by atoms with Crippen molar-refractivity contribution in [3.63, 3.8) is 0 Å². The molecular formula is C13H7N3. The SMILES string of the molecule is N#Cc1ncc(C#Cc2ccccc2)cn1. The number of hydrogen-bond acceptors (Lipinski definition) is 3. The lowest BCUT2D eigenvalue weighted by Crippen LogP contribution is -1.88. The van der Waals surface area contributed by atoms with Crippen molar-refractivity contribution in [3.05, 3.63) is 59.7 Å². The molecule has 2 rings (SSSR count). The number of rotatable bonds is 0. The molecule has 0 unspecified atom stereocenters. The second-order valence-electron chi connectivity index (χ2n) is 3.02. The summed E-state index contributed by atoms with van der Waals surface area (Å²) in [5.74, 6) is 6.07. The van der Waals surface area contributed by atoms with E-state index in [1.165, 1.54) is 0 Å². The fourth-order valence-electron chi connectivity index (χ4n) is 1.12. The summed E-state index contributed by atoms with van der Waals surface area (Å²) in [5, 5.41) is 8.53. The van der Waals surface area contributed by atoms with Gasteiger partial charge in [-0.05, 0) is 12.1 Å². The van der Waals surface area contributed by atoms with Crippen molar-refractivity contribution in [2.24, 2.45) is 0 Å². The summed E-state index contributed by atoms with van der Waals surface area (Å²) in [5.41, 5.74) is 1.63. The second kappa shape index (κ2) is 4.72. The summed E-state index contributed by atoms with van der Waals surface area (Å²) in [6, 6.07) is 11.5. The highest BCUT2D eigenvalue weighted by Crippen LogP contribution is 1.97. The van der Waals surface area contributed by atoms with Crippen LogP contribution in [0.25, 0.3) is 0 Å². The normalized spacial score (nSPS) is 8.69. The molecule has 1 aromatic carbocycles. The molecule has 0 saturated heterocycles. The molecule has 0 aliphatic heterocycles. The number of nitrogens with zero attached hydrogens (tertiary/aromatic N) is 3. The van der Waals surface area contributed by atoms with Crippen molar-refractivity contribution in [2.75, 3.05) is 0 Å². The van der Waals surface area contributed by atoms with Crippen molar-refractivity contribution in [3.8, 4) is 17.9 Å². The van der Waals surface area contributed by atoms with Gasteiger partial charge in [0.15, 0.2) is 0 Å². The van der Waals surface area contributed by atoms with Crippen LogP contribution in [0.2, 0.25) is 0 Å². The molecule has 74 valence electrons. The maximum absolute atomic E-state index is 8.53. The van der Waals surface area contributed by atoms with Gasteiger partial charge >= 0.3 is 0 Å². The van der Waals surface area contributed by atoms with Gasteiger partial charge in [-0.3, -0.25) is 0 Å². The Kier molecular flexibility index (Phi) is 2.92. The van der Waals surface area contributed by atoms with Gasteiger partial charge in [0.1, 0.15) is 6.07 Å². The van der Waals surface area contributed by atoms with Crippen molar-refractivity contribution >= 4 is 0 Å². The quantitative estimate of drug-likeness (QED) is 0.615.